The first kappa shape index (κ1) is 20.7. The molecule has 0 saturated heterocycles. The molecular formula is C25H21ClN4O. The van der Waals surface area contributed by atoms with Crippen LogP contribution in [0, 0.1) is 6.92 Å². The van der Waals surface area contributed by atoms with Gasteiger partial charge in [-0.05, 0) is 47.9 Å². The third-order valence-corrected chi connectivity index (χ3v) is 5.26. The first-order chi connectivity index (χ1) is 15.1. The Hall–Kier alpha value is -3.57. The van der Waals surface area contributed by atoms with Gasteiger partial charge < -0.3 is 5.32 Å². The van der Waals surface area contributed by atoms with Crippen molar-refractivity contribution in [2.24, 2.45) is 0 Å². The second-order valence-corrected chi connectivity index (χ2v) is 7.48. The van der Waals surface area contributed by atoms with Gasteiger partial charge in [-0.15, -0.1) is 11.6 Å². The van der Waals surface area contributed by atoms with E-state index >= 15 is 0 Å². The molecule has 154 valence electrons. The van der Waals surface area contributed by atoms with Gasteiger partial charge in [0.05, 0.1) is 5.69 Å². The van der Waals surface area contributed by atoms with E-state index in [9.17, 15) is 4.79 Å². The molecule has 2 heterocycles. The van der Waals surface area contributed by atoms with Crippen LogP contribution in [0.25, 0.3) is 11.3 Å². The number of ketones is 1. The molecule has 4 rings (SSSR count). The van der Waals surface area contributed by atoms with Crippen LogP contribution in [0.3, 0.4) is 0 Å². The van der Waals surface area contributed by atoms with Crippen LogP contribution < -0.4 is 5.32 Å². The fourth-order valence-electron chi connectivity index (χ4n) is 3.20. The maximum atomic E-state index is 12.7. The quantitative estimate of drug-likeness (QED) is 0.299. The van der Waals surface area contributed by atoms with E-state index in [0.717, 1.165) is 33.6 Å². The van der Waals surface area contributed by atoms with Gasteiger partial charge in [0.1, 0.15) is 0 Å². The number of carbonyl (C=O) groups is 1. The summed E-state index contributed by atoms with van der Waals surface area (Å²) in [5.41, 5.74) is 6.20. The molecule has 31 heavy (non-hydrogen) atoms. The number of hydrogen-bond donors (Lipinski definition) is 1. The number of Topliss-reactive ketones (excluding diaryl/α,β-unsaturated/α-hetero) is 1. The van der Waals surface area contributed by atoms with Gasteiger partial charge in [-0.3, -0.25) is 9.78 Å². The summed E-state index contributed by atoms with van der Waals surface area (Å²) in [6.07, 6.45) is 5.52. The van der Waals surface area contributed by atoms with Crippen LogP contribution >= 0.6 is 11.6 Å². The molecule has 2 aromatic carbocycles. The minimum Gasteiger partial charge on any atom is -0.324 e. The second kappa shape index (κ2) is 9.49. The summed E-state index contributed by atoms with van der Waals surface area (Å²) < 4.78 is 0. The maximum absolute atomic E-state index is 12.7. The van der Waals surface area contributed by atoms with Crippen LogP contribution in [-0.4, -0.2) is 20.7 Å². The van der Waals surface area contributed by atoms with E-state index in [4.69, 9.17) is 11.6 Å². The zero-order chi connectivity index (χ0) is 21.6. The summed E-state index contributed by atoms with van der Waals surface area (Å²) in [5.74, 6) is 0.987. The van der Waals surface area contributed by atoms with Gasteiger partial charge in [-0.2, -0.15) is 0 Å². The molecule has 6 heteroatoms. The van der Waals surface area contributed by atoms with Crippen molar-refractivity contribution in [3.8, 4) is 11.3 Å². The lowest BCUT2D eigenvalue weighted by molar-refractivity contribution is 0.0993. The van der Waals surface area contributed by atoms with Crippen LogP contribution in [0.4, 0.5) is 11.6 Å². The number of hydrogen-bond acceptors (Lipinski definition) is 5. The Morgan fingerprint density at radius 3 is 2.55 bits per heavy atom. The van der Waals surface area contributed by atoms with E-state index in [2.05, 4.69) is 20.3 Å². The molecule has 2 aromatic heterocycles. The third-order valence-electron chi connectivity index (χ3n) is 4.96. The van der Waals surface area contributed by atoms with Crippen molar-refractivity contribution in [3.05, 3.63) is 102 Å². The monoisotopic (exact) mass is 428 g/mol. The number of halogens is 1. The molecule has 0 aliphatic carbocycles. The molecule has 0 aliphatic rings. The van der Waals surface area contributed by atoms with Crippen molar-refractivity contribution >= 4 is 29.0 Å². The highest BCUT2D eigenvalue weighted by Gasteiger charge is 2.10. The molecular weight excluding hydrogens is 408 g/mol. The van der Waals surface area contributed by atoms with Crippen molar-refractivity contribution in [2.45, 2.75) is 19.2 Å². The van der Waals surface area contributed by atoms with Gasteiger partial charge in [0, 0.05) is 47.7 Å². The number of nitrogens with zero attached hydrogens (tertiary/aromatic N) is 3. The van der Waals surface area contributed by atoms with E-state index in [1.165, 1.54) is 0 Å². The molecule has 0 spiro atoms. The first-order valence-electron chi connectivity index (χ1n) is 9.90. The third kappa shape index (κ3) is 5.13. The number of aryl methyl sites for hydroxylation is 1. The maximum Gasteiger partial charge on any atom is 0.227 e. The molecule has 0 saturated carbocycles. The van der Waals surface area contributed by atoms with Gasteiger partial charge in [-0.1, -0.05) is 36.4 Å². The van der Waals surface area contributed by atoms with Gasteiger partial charge in [-0.25, -0.2) is 9.97 Å². The molecule has 0 fully saturated rings. The van der Waals surface area contributed by atoms with E-state index in [0.29, 0.717) is 23.8 Å². The number of pyridine rings is 1. The summed E-state index contributed by atoms with van der Waals surface area (Å²) in [7, 11) is 0. The highest BCUT2D eigenvalue weighted by Crippen LogP contribution is 2.23. The number of benzene rings is 2. The Morgan fingerprint density at radius 1 is 1.00 bits per heavy atom. The zero-order valence-electron chi connectivity index (χ0n) is 17.0. The van der Waals surface area contributed by atoms with Gasteiger partial charge in [0.2, 0.25) is 5.95 Å². The number of alkyl halides is 1. The summed E-state index contributed by atoms with van der Waals surface area (Å²) in [6.45, 7) is 2.00. The number of anilines is 2. The summed E-state index contributed by atoms with van der Waals surface area (Å²) in [5, 5.41) is 3.28. The van der Waals surface area contributed by atoms with Crippen molar-refractivity contribution < 1.29 is 4.79 Å². The van der Waals surface area contributed by atoms with Crippen molar-refractivity contribution in [2.75, 3.05) is 5.32 Å². The summed E-state index contributed by atoms with van der Waals surface area (Å²) in [6, 6.07) is 19.0. The molecule has 0 unspecified atom stereocenters. The molecule has 0 atom stereocenters. The van der Waals surface area contributed by atoms with Crippen LogP contribution in [0.1, 0.15) is 27.0 Å². The van der Waals surface area contributed by atoms with Crippen molar-refractivity contribution in [3.63, 3.8) is 0 Å². The lowest BCUT2D eigenvalue weighted by Gasteiger charge is -2.11. The lowest BCUT2D eigenvalue weighted by atomic mass is 10.0. The number of aromatic nitrogens is 3. The fourth-order valence-corrected chi connectivity index (χ4v) is 3.37. The summed E-state index contributed by atoms with van der Waals surface area (Å²) >= 11 is 5.83. The largest absolute Gasteiger partial charge is 0.324 e. The van der Waals surface area contributed by atoms with E-state index in [1.54, 1.807) is 18.6 Å². The zero-order valence-corrected chi connectivity index (χ0v) is 17.8. The highest BCUT2D eigenvalue weighted by atomic mass is 35.5. The number of carbonyl (C=O) groups excluding carboxylic acids is 1. The molecule has 0 aliphatic heterocycles. The Balaban J connectivity index is 1.52. The molecule has 4 aromatic rings. The average molecular weight is 429 g/mol. The molecule has 5 nitrogen and oxygen atoms in total. The second-order valence-electron chi connectivity index (χ2n) is 7.21. The Bertz CT molecular complexity index is 1190. The van der Waals surface area contributed by atoms with E-state index < -0.39 is 0 Å². The number of nitrogens with one attached hydrogen (secondary N) is 1. The molecule has 0 amide bonds. The normalized spacial score (nSPS) is 10.6. The summed E-state index contributed by atoms with van der Waals surface area (Å²) in [4.78, 5) is 25.8. The smallest absolute Gasteiger partial charge is 0.227 e. The topological polar surface area (TPSA) is 67.8 Å². The van der Waals surface area contributed by atoms with Crippen molar-refractivity contribution in [1.29, 1.82) is 0 Å². The molecule has 1 N–H and O–H groups in total. The predicted molar refractivity (Wildman–Crippen MR) is 124 cm³/mol. The standard InChI is InChI=1S/C25H21ClN4O/c1-17-4-5-19(14-24(31)20-8-6-18(15-26)7-9-20)13-23(17)30-25-28-12-10-22(29-25)21-3-2-11-27-16-21/h2-13,16H,14-15H2,1H3,(H,28,29,30). The Morgan fingerprint density at radius 2 is 1.81 bits per heavy atom. The Labute approximate surface area is 186 Å². The SMILES string of the molecule is Cc1ccc(CC(=O)c2ccc(CCl)cc2)cc1Nc1nccc(-c2cccnc2)n1. The van der Waals surface area contributed by atoms with E-state index in [-0.39, 0.29) is 5.78 Å². The highest BCUT2D eigenvalue weighted by molar-refractivity contribution is 6.17. The molecule has 0 radical (unpaired) electrons. The first-order valence-corrected chi connectivity index (χ1v) is 10.4. The Kier molecular flexibility index (Phi) is 6.34. The van der Waals surface area contributed by atoms with Crippen LogP contribution in [-0.2, 0) is 12.3 Å². The van der Waals surface area contributed by atoms with Crippen molar-refractivity contribution in [1.82, 2.24) is 15.0 Å². The van der Waals surface area contributed by atoms with Crippen LogP contribution in [0.2, 0.25) is 0 Å². The molecule has 0 bridgehead atoms. The predicted octanol–water partition coefficient (Wildman–Crippen LogP) is 5.75. The van der Waals surface area contributed by atoms with Crippen LogP contribution in [0.5, 0.6) is 0 Å². The van der Waals surface area contributed by atoms with Crippen LogP contribution in [0.15, 0.2) is 79.3 Å². The number of rotatable bonds is 7. The fraction of sp³-hybridized carbons (Fsp3) is 0.120. The minimum absolute atomic E-state index is 0.0609. The lowest BCUT2D eigenvalue weighted by Crippen LogP contribution is -2.05. The minimum atomic E-state index is 0.0609. The average Bonchev–Trinajstić information content (AvgIpc) is 2.82. The van der Waals surface area contributed by atoms with Gasteiger partial charge in [0.15, 0.2) is 5.78 Å². The van der Waals surface area contributed by atoms with Gasteiger partial charge in [0.25, 0.3) is 0 Å². The van der Waals surface area contributed by atoms with Gasteiger partial charge >= 0.3 is 0 Å². The van der Waals surface area contributed by atoms with E-state index in [1.807, 2.05) is 67.6 Å².